The van der Waals surface area contributed by atoms with Crippen LogP contribution in [0.4, 0.5) is 0 Å². The predicted octanol–water partition coefficient (Wildman–Crippen LogP) is 7.89. The molecule has 0 saturated heterocycles. The van der Waals surface area contributed by atoms with Crippen molar-refractivity contribution in [1.82, 2.24) is 5.01 Å². The van der Waals surface area contributed by atoms with E-state index in [2.05, 4.69) is 29.8 Å². The zero-order valence-corrected chi connectivity index (χ0v) is 24.5. The fourth-order valence-corrected chi connectivity index (χ4v) is 3.22. The lowest BCUT2D eigenvalue weighted by Crippen LogP contribution is -2.26. The van der Waals surface area contributed by atoms with Crippen molar-refractivity contribution >= 4 is 34.7 Å². The molecule has 1 heterocycles. The van der Waals surface area contributed by atoms with Crippen molar-refractivity contribution in [2.24, 2.45) is 10.1 Å². The summed E-state index contributed by atoms with van der Waals surface area (Å²) in [7, 11) is 3.16. The van der Waals surface area contributed by atoms with Gasteiger partial charge in [0.25, 0.3) is 0 Å². The second-order valence-electron chi connectivity index (χ2n) is 7.28. The van der Waals surface area contributed by atoms with Crippen molar-refractivity contribution in [3.05, 3.63) is 103 Å². The van der Waals surface area contributed by atoms with Crippen LogP contribution in [0.5, 0.6) is 11.5 Å². The zero-order chi connectivity index (χ0) is 29.8. The van der Waals surface area contributed by atoms with Gasteiger partial charge in [0.15, 0.2) is 0 Å². The Labute approximate surface area is 238 Å². The van der Waals surface area contributed by atoms with Gasteiger partial charge in [-0.25, -0.2) is 9.80 Å². The molecular weight excluding hydrogens is 514 g/mol. The van der Waals surface area contributed by atoms with Gasteiger partial charge in [0, 0.05) is 11.1 Å². The van der Waals surface area contributed by atoms with E-state index in [-0.39, 0.29) is 18.8 Å². The van der Waals surface area contributed by atoms with E-state index < -0.39 is 5.97 Å². The molecule has 0 radical (unpaired) electrons. The monoisotopic (exact) mass is 553 g/mol. The Morgan fingerprint density at radius 3 is 2.08 bits per heavy atom. The van der Waals surface area contributed by atoms with Crippen molar-refractivity contribution in [3.63, 3.8) is 0 Å². The molecule has 0 aromatic heterocycles. The van der Waals surface area contributed by atoms with Gasteiger partial charge in [0.1, 0.15) is 23.9 Å². The SMILES string of the molecule is C=CC.C=CC=C.CC.CC/C(=N\N1CN=C(c2ccc(OC)cc2)C=C1c1ccc(OC)c(Cl)c1)C(=O)O. The van der Waals surface area contributed by atoms with Crippen molar-refractivity contribution in [3.8, 4) is 11.5 Å². The van der Waals surface area contributed by atoms with Gasteiger partial charge in [0.05, 0.1) is 30.7 Å². The molecule has 0 aliphatic carbocycles. The molecule has 0 unspecified atom stereocenters. The first-order valence-electron chi connectivity index (χ1n) is 12.4. The van der Waals surface area contributed by atoms with E-state index in [1.807, 2.05) is 57.2 Å². The van der Waals surface area contributed by atoms with E-state index in [1.165, 1.54) is 0 Å². The fraction of sp³-hybridized carbons (Fsp3) is 0.258. The van der Waals surface area contributed by atoms with Crippen LogP contribution in [-0.4, -0.2) is 48.4 Å². The van der Waals surface area contributed by atoms with Gasteiger partial charge in [0.2, 0.25) is 0 Å². The molecule has 0 spiro atoms. The van der Waals surface area contributed by atoms with Gasteiger partial charge in [-0.3, -0.25) is 4.99 Å². The van der Waals surface area contributed by atoms with Crippen LogP contribution in [0.25, 0.3) is 5.70 Å². The Hall–Kier alpha value is -4.10. The highest BCUT2D eigenvalue weighted by Gasteiger charge is 2.21. The number of allylic oxidation sites excluding steroid dienone is 4. The first-order chi connectivity index (χ1) is 18.8. The molecule has 2 aromatic carbocycles. The molecular formula is C31H40ClN3O4. The average Bonchev–Trinajstić information content (AvgIpc) is 2.97. The maximum Gasteiger partial charge on any atom is 0.352 e. The highest BCUT2D eigenvalue weighted by Crippen LogP contribution is 2.31. The molecule has 1 aliphatic rings. The van der Waals surface area contributed by atoms with Crippen molar-refractivity contribution < 1.29 is 19.4 Å². The number of nitrogens with zero attached hydrogens (tertiary/aromatic N) is 3. The van der Waals surface area contributed by atoms with Crippen molar-refractivity contribution in [2.75, 3.05) is 20.9 Å². The van der Waals surface area contributed by atoms with E-state index in [4.69, 9.17) is 21.1 Å². The number of aliphatic carboxylic acids is 1. The molecule has 2 aromatic rings. The average molecular weight is 554 g/mol. The normalized spacial score (nSPS) is 11.9. The van der Waals surface area contributed by atoms with Crippen LogP contribution in [-0.2, 0) is 4.79 Å². The minimum Gasteiger partial charge on any atom is -0.497 e. The summed E-state index contributed by atoms with van der Waals surface area (Å²) in [6.45, 7) is 17.9. The van der Waals surface area contributed by atoms with Crippen LogP contribution in [0.15, 0.2) is 96.6 Å². The zero-order valence-electron chi connectivity index (χ0n) is 23.8. The van der Waals surface area contributed by atoms with Crippen LogP contribution in [0, 0.1) is 0 Å². The largest absolute Gasteiger partial charge is 0.497 e. The first-order valence-corrected chi connectivity index (χ1v) is 12.8. The molecule has 1 N–H and O–H groups in total. The number of rotatable bonds is 8. The molecule has 8 heteroatoms. The van der Waals surface area contributed by atoms with E-state index >= 15 is 0 Å². The maximum atomic E-state index is 11.5. The summed E-state index contributed by atoms with van der Waals surface area (Å²) in [5.74, 6) is 0.242. The molecule has 3 rings (SSSR count). The number of halogens is 1. The summed E-state index contributed by atoms with van der Waals surface area (Å²) in [5, 5.41) is 15.7. The van der Waals surface area contributed by atoms with Crippen LogP contribution in [0.3, 0.4) is 0 Å². The highest BCUT2D eigenvalue weighted by molar-refractivity contribution is 6.35. The van der Waals surface area contributed by atoms with E-state index in [1.54, 1.807) is 56.5 Å². The lowest BCUT2D eigenvalue weighted by atomic mass is 10.0. The Morgan fingerprint density at radius 2 is 1.64 bits per heavy atom. The second kappa shape index (κ2) is 19.9. The molecule has 7 nitrogen and oxygen atoms in total. The molecule has 210 valence electrons. The van der Waals surface area contributed by atoms with Gasteiger partial charge in [-0.2, -0.15) is 5.10 Å². The van der Waals surface area contributed by atoms with Crippen LogP contribution in [0.1, 0.15) is 45.2 Å². The summed E-state index contributed by atoms with van der Waals surface area (Å²) in [5.41, 5.74) is 3.16. The van der Waals surface area contributed by atoms with Crippen LogP contribution < -0.4 is 9.47 Å². The van der Waals surface area contributed by atoms with Gasteiger partial charge in [-0.05, 0) is 61.9 Å². The number of hydrogen-bond acceptors (Lipinski definition) is 6. The van der Waals surface area contributed by atoms with Crippen molar-refractivity contribution in [2.45, 2.75) is 34.1 Å². The lowest BCUT2D eigenvalue weighted by molar-refractivity contribution is -0.129. The summed E-state index contributed by atoms with van der Waals surface area (Å²) < 4.78 is 10.4. The molecule has 1 aliphatic heterocycles. The Balaban J connectivity index is 0.00000142. The number of aliphatic imine (C=N–C) groups is 1. The summed E-state index contributed by atoms with van der Waals surface area (Å²) in [6.07, 6.45) is 7.18. The molecule has 0 bridgehead atoms. The molecule has 0 atom stereocenters. The smallest absolute Gasteiger partial charge is 0.352 e. The van der Waals surface area contributed by atoms with Gasteiger partial charge < -0.3 is 14.6 Å². The third-order valence-electron chi connectivity index (χ3n) is 4.75. The number of methoxy groups -OCH3 is 2. The number of hydrogen-bond donors (Lipinski definition) is 1. The number of ether oxygens (including phenoxy) is 2. The standard InChI is InChI=1S/C22H22ClN3O4.C4H6.C3H6.C2H6/c1-4-18(22(27)28)25-26-13-24-19(14-5-8-16(29-2)9-6-14)12-20(26)15-7-10-21(30-3)17(23)11-15;1-3-4-2;1-3-2;1-2/h5-12H,4,13H2,1-3H3,(H,27,28);3-4H,1-2H2;3H,1H2,2H3;1-2H3/b25-18+;;;. The lowest BCUT2D eigenvalue weighted by Gasteiger charge is -2.26. The van der Waals surface area contributed by atoms with E-state index in [0.29, 0.717) is 16.5 Å². The minimum absolute atomic E-state index is 0.0450. The number of hydrazone groups is 1. The Morgan fingerprint density at radius 1 is 1.08 bits per heavy atom. The van der Waals surface area contributed by atoms with Crippen molar-refractivity contribution in [1.29, 1.82) is 0 Å². The Kier molecular flexibility index (Phi) is 17.8. The molecule has 39 heavy (non-hydrogen) atoms. The Bertz CT molecular complexity index is 1160. The molecule has 0 amide bonds. The molecule has 0 saturated carbocycles. The highest BCUT2D eigenvalue weighted by atomic mass is 35.5. The maximum absolute atomic E-state index is 11.5. The number of benzene rings is 2. The molecule has 0 fully saturated rings. The third kappa shape index (κ3) is 11.4. The minimum atomic E-state index is -1.06. The first kappa shape index (κ1) is 34.9. The topological polar surface area (TPSA) is 83.7 Å². The number of carboxylic acid groups (broad SMARTS) is 1. The number of carboxylic acids is 1. The quantitative estimate of drug-likeness (QED) is 0.204. The second-order valence-corrected chi connectivity index (χ2v) is 7.68. The van der Waals surface area contributed by atoms with Crippen LogP contribution >= 0.6 is 11.6 Å². The van der Waals surface area contributed by atoms with Gasteiger partial charge in [-0.1, -0.05) is 63.8 Å². The van der Waals surface area contributed by atoms with E-state index in [0.717, 1.165) is 22.6 Å². The fourth-order valence-electron chi connectivity index (χ4n) is 2.96. The van der Waals surface area contributed by atoms with Gasteiger partial charge >= 0.3 is 5.97 Å². The summed E-state index contributed by atoms with van der Waals surface area (Å²) in [6, 6.07) is 12.9. The predicted molar refractivity (Wildman–Crippen MR) is 165 cm³/mol. The van der Waals surface area contributed by atoms with Gasteiger partial charge in [-0.15, -0.1) is 6.58 Å². The summed E-state index contributed by atoms with van der Waals surface area (Å²) >= 11 is 6.32. The van der Waals surface area contributed by atoms with Crippen LogP contribution in [0.2, 0.25) is 5.02 Å². The number of carbonyl (C=O) groups is 1. The third-order valence-corrected chi connectivity index (χ3v) is 5.05. The van der Waals surface area contributed by atoms with E-state index in [9.17, 15) is 9.90 Å². The summed E-state index contributed by atoms with van der Waals surface area (Å²) in [4.78, 5) is 16.1.